The smallest absolute Gasteiger partial charge is 0.308 e. The van der Waals surface area contributed by atoms with Gasteiger partial charge in [-0.25, -0.2) is 8.42 Å². The van der Waals surface area contributed by atoms with E-state index in [1.165, 1.54) is 17.4 Å². The van der Waals surface area contributed by atoms with Crippen molar-refractivity contribution in [3.05, 3.63) is 63.8 Å². The lowest BCUT2D eigenvalue weighted by atomic mass is 10.2. The minimum atomic E-state index is -3.72. The maximum Gasteiger partial charge on any atom is 0.308 e. The largest absolute Gasteiger partial charge is 0.378 e. The van der Waals surface area contributed by atoms with Gasteiger partial charge >= 0.3 is 4.87 Å². The zero-order valence-corrected chi connectivity index (χ0v) is 19.4. The van der Waals surface area contributed by atoms with E-state index in [4.69, 9.17) is 4.74 Å². The Morgan fingerprint density at radius 3 is 2.56 bits per heavy atom. The normalized spacial score (nSPS) is 14.9. The highest BCUT2D eigenvalue weighted by Crippen LogP contribution is 2.24. The lowest BCUT2D eigenvalue weighted by molar-refractivity contribution is -0.135. The Morgan fingerprint density at radius 2 is 1.84 bits per heavy atom. The van der Waals surface area contributed by atoms with Crippen molar-refractivity contribution in [2.24, 2.45) is 0 Å². The molecule has 0 bridgehead atoms. The zero-order valence-electron chi connectivity index (χ0n) is 17.8. The number of morpholine rings is 1. The Bertz CT molecular complexity index is 1260. The van der Waals surface area contributed by atoms with Crippen LogP contribution in [0.1, 0.15) is 12.0 Å². The Morgan fingerprint density at radius 1 is 1.12 bits per heavy atom. The van der Waals surface area contributed by atoms with E-state index in [1.54, 1.807) is 21.6 Å². The molecule has 0 radical (unpaired) electrons. The molecule has 2 aromatic carbocycles. The van der Waals surface area contributed by atoms with Gasteiger partial charge in [0.15, 0.2) is 0 Å². The number of fused-ring (bicyclic) bond motifs is 1. The Balaban J connectivity index is 1.52. The molecule has 1 aliphatic rings. The van der Waals surface area contributed by atoms with E-state index in [0.29, 0.717) is 36.5 Å². The minimum absolute atomic E-state index is 0.0127. The van der Waals surface area contributed by atoms with Crippen LogP contribution in [0, 0.1) is 0 Å². The van der Waals surface area contributed by atoms with Crippen LogP contribution in [0.2, 0.25) is 0 Å². The molecule has 2 heterocycles. The first-order valence-electron chi connectivity index (χ1n) is 10.4. The molecule has 1 aromatic heterocycles. The summed E-state index contributed by atoms with van der Waals surface area (Å²) in [6, 6.07) is 14.1. The van der Waals surface area contributed by atoms with E-state index in [1.807, 2.05) is 30.3 Å². The van der Waals surface area contributed by atoms with E-state index < -0.39 is 10.0 Å². The van der Waals surface area contributed by atoms with Crippen molar-refractivity contribution in [2.75, 3.05) is 33.4 Å². The fourth-order valence-electron chi connectivity index (χ4n) is 3.70. The second-order valence-electron chi connectivity index (χ2n) is 7.64. The Labute approximate surface area is 190 Å². The van der Waals surface area contributed by atoms with Gasteiger partial charge in [0.2, 0.25) is 15.9 Å². The monoisotopic (exact) mass is 475 g/mol. The number of aromatic nitrogens is 1. The molecular weight excluding hydrogens is 450 g/mol. The number of sulfonamides is 1. The summed E-state index contributed by atoms with van der Waals surface area (Å²) in [4.78, 5) is 26.6. The zero-order chi connectivity index (χ0) is 22.7. The number of thiazole rings is 1. The molecule has 0 aliphatic carbocycles. The van der Waals surface area contributed by atoms with Crippen LogP contribution in [0.4, 0.5) is 0 Å². The molecule has 10 heteroatoms. The van der Waals surface area contributed by atoms with Crippen LogP contribution in [0.25, 0.3) is 10.2 Å². The van der Waals surface area contributed by atoms with E-state index in [0.717, 1.165) is 16.9 Å². The number of ether oxygens (including phenoxy) is 1. The summed E-state index contributed by atoms with van der Waals surface area (Å²) in [6.07, 6.45) is 0.214. The maximum absolute atomic E-state index is 13.0. The van der Waals surface area contributed by atoms with Crippen LogP contribution in [-0.2, 0) is 32.6 Å². The molecule has 0 saturated carbocycles. The summed E-state index contributed by atoms with van der Waals surface area (Å²) < 4.78 is 34.8. The van der Waals surface area contributed by atoms with Gasteiger partial charge in [0.25, 0.3) is 0 Å². The van der Waals surface area contributed by atoms with Gasteiger partial charge in [-0.3, -0.25) is 14.2 Å². The van der Waals surface area contributed by atoms with E-state index in [9.17, 15) is 18.0 Å². The molecule has 170 valence electrons. The Hall–Kier alpha value is -2.53. The third kappa shape index (κ3) is 4.78. The van der Waals surface area contributed by atoms with Gasteiger partial charge < -0.3 is 9.64 Å². The maximum atomic E-state index is 13.0. The number of rotatable bonds is 7. The van der Waals surface area contributed by atoms with Crippen molar-refractivity contribution in [3.8, 4) is 0 Å². The molecule has 0 atom stereocenters. The number of carbonyl (C=O) groups excluding carboxylic acids is 1. The number of hydrogen-bond acceptors (Lipinski definition) is 6. The Kier molecular flexibility index (Phi) is 6.75. The average molecular weight is 476 g/mol. The molecule has 1 amide bonds. The SMILES string of the molecule is CN(Cc1ccccc1)S(=O)(=O)c1ccc2c(c1)sc(=O)n2CCC(=O)N1CCOCC1. The summed E-state index contributed by atoms with van der Waals surface area (Å²) in [5.74, 6) is -0.0127. The second-order valence-corrected chi connectivity index (χ2v) is 10.7. The van der Waals surface area contributed by atoms with Gasteiger partial charge in [0, 0.05) is 39.6 Å². The number of hydrogen-bond donors (Lipinski definition) is 0. The third-order valence-corrected chi connectivity index (χ3v) is 8.25. The highest BCUT2D eigenvalue weighted by Gasteiger charge is 2.23. The lowest BCUT2D eigenvalue weighted by Crippen LogP contribution is -2.41. The average Bonchev–Trinajstić information content (AvgIpc) is 3.12. The van der Waals surface area contributed by atoms with Crippen molar-refractivity contribution in [2.45, 2.75) is 24.4 Å². The summed E-state index contributed by atoms with van der Waals surface area (Å²) in [5.41, 5.74) is 1.53. The molecule has 1 fully saturated rings. The first kappa shape index (κ1) is 22.7. The summed E-state index contributed by atoms with van der Waals surface area (Å²) in [6.45, 7) is 2.70. The molecule has 1 saturated heterocycles. The first-order valence-corrected chi connectivity index (χ1v) is 12.6. The predicted octanol–water partition coefficient (Wildman–Crippen LogP) is 2.13. The standard InChI is InChI=1S/C22H25N3O5S2/c1-23(16-17-5-3-2-4-6-17)32(28,29)18-7-8-19-20(15-18)31-22(27)25(19)10-9-21(26)24-11-13-30-14-12-24/h2-8,15H,9-14,16H2,1H3. The number of carbonyl (C=O) groups is 1. The fourth-order valence-corrected chi connectivity index (χ4v) is 5.92. The number of benzene rings is 2. The minimum Gasteiger partial charge on any atom is -0.378 e. The number of amides is 1. The van der Waals surface area contributed by atoms with Gasteiger partial charge in [-0.15, -0.1) is 0 Å². The first-order chi connectivity index (χ1) is 15.4. The molecule has 0 spiro atoms. The van der Waals surface area contributed by atoms with E-state index in [2.05, 4.69) is 0 Å². The van der Waals surface area contributed by atoms with Gasteiger partial charge in [-0.2, -0.15) is 4.31 Å². The fraction of sp³-hybridized carbons (Fsp3) is 0.364. The van der Waals surface area contributed by atoms with E-state index in [-0.39, 0.29) is 35.2 Å². The summed E-state index contributed by atoms with van der Waals surface area (Å²) >= 11 is 0.992. The van der Waals surface area contributed by atoms with Crippen molar-refractivity contribution >= 4 is 37.5 Å². The molecule has 0 unspecified atom stereocenters. The topological polar surface area (TPSA) is 88.9 Å². The van der Waals surface area contributed by atoms with Crippen LogP contribution in [0.5, 0.6) is 0 Å². The van der Waals surface area contributed by atoms with Crippen molar-refractivity contribution in [1.82, 2.24) is 13.8 Å². The lowest BCUT2D eigenvalue weighted by Gasteiger charge is -2.26. The van der Waals surface area contributed by atoms with E-state index >= 15 is 0 Å². The van der Waals surface area contributed by atoms with Crippen LogP contribution >= 0.6 is 11.3 Å². The molecule has 4 rings (SSSR count). The molecule has 3 aromatic rings. The molecule has 32 heavy (non-hydrogen) atoms. The summed E-state index contributed by atoms with van der Waals surface area (Å²) in [7, 11) is -2.18. The van der Waals surface area contributed by atoms with Crippen molar-refractivity contribution < 1.29 is 17.9 Å². The van der Waals surface area contributed by atoms with Gasteiger partial charge in [0.1, 0.15) is 0 Å². The number of aryl methyl sites for hydroxylation is 1. The van der Waals surface area contributed by atoms with Gasteiger partial charge in [-0.05, 0) is 23.8 Å². The quantitative estimate of drug-likeness (QED) is 0.522. The molecular formula is C22H25N3O5S2. The van der Waals surface area contributed by atoms with Crippen LogP contribution in [-0.4, -0.2) is 61.4 Å². The van der Waals surface area contributed by atoms with Crippen molar-refractivity contribution in [3.63, 3.8) is 0 Å². The molecule has 0 N–H and O–H groups in total. The highest BCUT2D eigenvalue weighted by molar-refractivity contribution is 7.89. The van der Waals surface area contributed by atoms with Gasteiger partial charge in [0.05, 0.1) is 28.3 Å². The van der Waals surface area contributed by atoms with Crippen LogP contribution in [0.3, 0.4) is 0 Å². The third-order valence-electron chi connectivity index (χ3n) is 5.51. The predicted molar refractivity (Wildman–Crippen MR) is 123 cm³/mol. The van der Waals surface area contributed by atoms with Crippen LogP contribution in [0.15, 0.2) is 58.2 Å². The van der Waals surface area contributed by atoms with Gasteiger partial charge in [-0.1, -0.05) is 41.7 Å². The highest BCUT2D eigenvalue weighted by atomic mass is 32.2. The second kappa shape index (κ2) is 9.53. The molecule has 8 nitrogen and oxygen atoms in total. The number of nitrogens with zero attached hydrogens (tertiary/aromatic N) is 3. The molecule has 1 aliphatic heterocycles. The summed E-state index contributed by atoms with van der Waals surface area (Å²) in [5, 5.41) is 0. The van der Waals surface area contributed by atoms with Crippen molar-refractivity contribution in [1.29, 1.82) is 0 Å². The van der Waals surface area contributed by atoms with Crippen LogP contribution < -0.4 is 4.87 Å².